The van der Waals surface area contributed by atoms with Crippen LogP contribution in [0.15, 0.2) is 21.0 Å². The average molecular weight is 106 g/mol. The lowest BCUT2D eigenvalue weighted by Crippen LogP contribution is -1.87. The number of rotatable bonds is 0. The molecular formula is C6H2O2. The minimum absolute atomic E-state index is 0.884. The topological polar surface area (TPSA) is 26.3 Å². The SMILES string of the molecule is c1cc2oc3c1oc23. The number of hydrogen-bond donors (Lipinski definition) is 0. The quantitative estimate of drug-likeness (QED) is 0.438. The monoisotopic (exact) mass is 106 g/mol. The molecule has 2 nitrogen and oxygen atoms in total. The normalized spacial score (nSPS) is 13.0. The second kappa shape index (κ2) is 0.616. The highest BCUT2D eigenvalue weighted by atomic mass is 16.4. The fourth-order valence-corrected chi connectivity index (χ4v) is 1.01. The first-order valence-corrected chi connectivity index (χ1v) is 2.48. The van der Waals surface area contributed by atoms with Gasteiger partial charge in [-0.2, -0.15) is 0 Å². The van der Waals surface area contributed by atoms with Crippen molar-refractivity contribution in [2.45, 2.75) is 0 Å². The third-order valence-electron chi connectivity index (χ3n) is 1.46. The van der Waals surface area contributed by atoms with E-state index in [1.165, 1.54) is 0 Å². The molecule has 0 saturated carbocycles. The summed E-state index contributed by atoms with van der Waals surface area (Å²) in [5.41, 5.74) is 3.66. The fourth-order valence-electron chi connectivity index (χ4n) is 1.01. The summed E-state index contributed by atoms with van der Waals surface area (Å²) in [4.78, 5) is 0. The molecule has 0 aliphatic rings. The van der Waals surface area contributed by atoms with Crippen LogP contribution in [0.2, 0.25) is 0 Å². The predicted molar refractivity (Wildman–Crippen MR) is 28.4 cm³/mol. The van der Waals surface area contributed by atoms with Crippen LogP contribution in [0.3, 0.4) is 0 Å². The van der Waals surface area contributed by atoms with Gasteiger partial charge in [-0.1, -0.05) is 0 Å². The van der Waals surface area contributed by atoms with Crippen molar-refractivity contribution in [2.75, 3.05) is 0 Å². The molecule has 38 valence electrons. The zero-order chi connectivity index (χ0) is 5.14. The van der Waals surface area contributed by atoms with E-state index in [0.717, 1.165) is 22.3 Å². The van der Waals surface area contributed by atoms with Crippen molar-refractivity contribution in [1.82, 2.24) is 0 Å². The molecule has 4 bridgehead atoms. The maximum absolute atomic E-state index is 5.08. The average Bonchev–Trinajstić information content (AvgIpc) is 1.84. The van der Waals surface area contributed by atoms with Crippen molar-refractivity contribution in [3.05, 3.63) is 12.1 Å². The molecule has 4 aromatic heterocycles. The van der Waals surface area contributed by atoms with Crippen LogP contribution in [0, 0.1) is 0 Å². The van der Waals surface area contributed by atoms with Crippen LogP contribution in [-0.2, 0) is 0 Å². The molecule has 0 radical (unpaired) electrons. The highest BCUT2D eigenvalue weighted by Crippen LogP contribution is 2.38. The molecule has 0 unspecified atom stereocenters. The van der Waals surface area contributed by atoms with E-state index in [1.807, 2.05) is 12.1 Å². The van der Waals surface area contributed by atoms with Gasteiger partial charge in [0.1, 0.15) is 0 Å². The molecule has 0 fully saturated rings. The molecule has 0 aliphatic heterocycles. The van der Waals surface area contributed by atoms with Gasteiger partial charge in [-0.25, -0.2) is 0 Å². The Morgan fingerprint density at radius 1 is 0.875 bits per heavy atom. The second-order valence-electron chi connectivity index (χ2n) is 1.92. The third-order valence-corrected chi connectivity index (χ3v) is 1.46. The lowest BCUT2D eigenvalue weighted by molar-refractivity contribution is 0.528. The summed E-state index contributed by atoms with van der Waals surface area (Å²) < 4.78 is 10.2. The van der Waals surface area contributed by atoms with Crippen LogP contribution < -0.4 is 0 Å². The molecule has 1 aromatic carbocycles. The first-order valence-electron chi connectivity index (χ1n) is 2.48. The van der Waals surface area contributed by atoms with Crippen molar-refractivity contribution in [1.29, 1.82) is 0 Å². The van der Waals surface area contributed by atoms with Crippen molar-refractivity contribution >= 4 is 22.3 Å². The van der Waals surface area contributed by atoms with Crippen LogP contribution in [0.5, 0.6) is 0 Å². The molecule has 0 saturated heterocycles. The molecule has 0 atom stereocenters. The van der Waals surface area contributed by atoms with E-state index in [4.69, 9.17) is 8.83 Å². The van der Waals surface area contributed by atoms with Gasteiger partial charge in [0.25, 0.3) is 0 Å². The van der Waals surface area contributed by atoms with Gasteiger partial charge in [0.2, 0.25) is 11.2 Å². The van der Waals surface area contributed by atoms with Gasteiger partial charge in [-0.05, 0) is 12.1 Å². The van der Waals surface area contributed by atoms with Crippen LogP contribution in [0.1, 0.15) is 0 Å². The van der Waals surface area contributed by atoms with Crippen LogP contribution in [0.4, 0.5) is 0 Å². The summed E-state index contributed by atoms with van der Waals surface area (Å²) in [6.07, 6.45) is 0. The molecule has 5 rings (SSSR count). The summed E-state index contributed by atoms with van der Waals surface area (Å²) >= 11 is 0. The van der Waals surface area contributed by atoms with Crippen molar-refractivity contribution in [3.63, 3.8) is 0 Å². The minimum atomic E-state index is 0.884. The fraction of sp³-hybridized carbons (Fsp3) is 0. The van der Waals surface area contributed by atoms with Crippen LogP contribution >= 0.6 is 0 Å². The Balaban J connectivity index is 2.94. The molecule has 2 heteroatoms. The Hall–Kier alpha value is -1.18. The van der Waals surface area contributed by atoms with E-state index >= 15 is 0 Å². The molecule has 0 aliphatic carbocycles. The van der Waals surface area contributed by atoms with Gasteiger partial charge >= 0.3 is 0 Å². The van der Waals surface area contributed by atoms with E-state index in [9.17, 15) is 0 Å². The van der Waals surface area contributed by atoms with Gasteiger partial charge in [-0.15, -0.1) is 0 Å². The van der Waals surface area contributed by atoms with Crippen molar-refractivity contribution in [2.24, 2.45) is 0 Å². The lowest BCUT2D eigenvalue weighted by Gasteiger charge is -2.10. The maximum atomic E-state index is 5.08. The Labute approximate surface area is 44.3 Å². The van der Waals surface area contributed by atoms with E-state index in [-0.39, 0.29) is 0 Å². The predicted octanol–water partition coefficient (Wildman–Crippen LogP) is 2.05. The first-order chi connectivity index (χ1) is 3.95. The Bertz CT molecular complexity index is 312. The van der Waals surface area contributed by atoms with Crippen LogP contribution in [-0.4, -0.2) is 0 Å². The first kappa shape index (κ1) is 2.97. The second-order valence-corrected chi connectivity index (χ2v) is 1.92. The molecule has 5 aromatic rings. The van der Waals surface area contributed by atoms with E-state index in [1.54, 1.807) is 0 Å². The molecule has 8 heavy (non-hydrogen) atoms. The lowest BCUT2D eigenvalue weighted by atomic mass is 10.2. The van der Waals surface area contributed by atoms with E-state index in [2.05, 4.69) is 0 Å². The van der Waals surface area contributed by atoms with Gasteiger partial charge in [0.15, 0.2) is 11.2 Å². The molecule has 0 spiro atoms. The molecule has 0 amide bonds. The zero-order valence-electron chi connectivity index (χ0n) is 3.97. The Morgan fingerprint density at radius 3 is 1.50 bits per heavy atom. The van der Waals surface area contributed by atoms with E-state index in [0.29, 0.717) is 0 Å². The Kier molecular flexibility index (Phi) is 0.229. The minimum Gasteiger partial charge on any atom is -0.445 e. The molecule has 4 heterocycles. The third kappa shape index (κ3) is 0.124. The van der Waals surface area contributed by atoms with Gasteiger partial charge in [0, 0.05) is 0 Å². The van der Waals surface area contributed by atoms with Crippen molar-refractivity contribution in [3.8, 4) is 0 Å². The summed E-state index contributed by atoms with van der Waals surface area (Å²) in [6.45, 7) is 0. The number of benzene rings is 1. The number of hydrogen-bond acceptors (Lipinski definition) is 2. The highest BCUT2D eigenvalue weighted by molar-refractivity contribution is 6.05. The smallest absolute Gasteiger partial charge is 0.216 e. The maximum Gasteiger partial charge on any atom is 0.216 e. The zero-order valence-corrected chi connectivity index (χ0v) is 3.97. The van der Waals surface area contributed by atoms with Gasteiger partial charge in [0.05, 0.1) is 0 Å². The summed E-state index contributed by atoms with van der Waals surface area (Å²) in [5, 5.41) is 0. The standard InChI is InChI=1S/C6H2O2/c1-2-4-6-5(8-4)3(1)7-6/h1-2H. The van der Waals surface area contributed by atoms with Crippen molar-refractivity contribution < 1.29 is 8.83 Å². The molecule has 0 N–H and O–H groups in total. The highest BCUT2D eigenvalue weighted by Gasteiger charge is 2.19. The van der Waals surface area contributed by atoms with Gasteiger partial charge in [-0.3, -0.25) is 0 Å². The molecular weight excluding hydrogens is 104 g/mol. The Morgan fingerprint density at radius 2 is 1.38 bits per heavy atom. The summed E-state index contributed by atoms with van der Waals surface area (Å²) in [7, 11) is 0. The summed E-state index contributed by atoms with van der Waals surface area (Å²) in [6, 6.07) is 3.84. The largest absolute Gasteiger partial charge is 0.445 e. The van der Waals surface area contributed by atoms with Gasteiger partial charge < -0.3 is 8.83 Å². The summed E-state index contributed by atoms with van der Waals surface area (Å²) in [5.74, 6) is 0. The van der Waals surface area contributed by atoms with Crippen LogP contribution in [0.25, 0.3) is 22.3 Å². The van der Waals surface area contributed by atoms with E-state index < -0.39 is 0 Å².